The van der Waals surface area contributed by atoms with Gasteiger partial charge in [-0.1, -0.05) is 20.8 Å². The molecule has 2 atom stereocenters. The lowest BCUT2D eigenvalue weighted by Crippen LogP contribution is -2.34. The molecule has 0 aromatic heterocycles. The van der Waals surface area contributed by atoms with Gasteiger partial charge in [-0.3, -0.25) is 4.79 Å². The van der Waals surface area contributed by atoms with Crippen molar-refractivity contribution in [3.8, 4) is 0 Å². The highest BCUT2D eigenvalue weighted by Crippen LogP contribution is 2.40. The number of nitrogens with two attached hydrogens (primary N) is 1. The van der Waals surface area contributed by atoms with Crippen LogP contribution in [0.15, 0.2) is 0 Å². The van der Waals surface area contributed by atoms with Crippen molar-refractivity contribution in [3.63, 3.8) is 0 Å². The Kier molecular flexibility index (Phi) is 3.53. The zero-order valence-corrected chi connectivity index (χ0v) is 9.47. The quantitative estimate of drug-likeness (QED) is 0.715. The van der Waals surface area contributed by atoms with E-state index >= 15 is 0 Å². The lowest BCUT2D eigenvalue weighted by Gasteiger charge is -2.18. The summed E-state index contributed by atoms with van der Waals surface area (Å²) in [5.74, 6) is 0.486. The van der Waals surface area contributed by atoms with Gasteiger partial charge in [-0.25, -0.2) is 0 Å². The molecule has 3 N–H and O–H groups in total. The predicted octanol–water partition coefficient (Wildman–Crippen LogP) is 1.28. The fourth-order valence-corrected chi connectivity index (χ4v) is 2.55. The summed E-state index contributed by atoms with van der Waals surface area (Å²) < 4.78 is 0. The average molecular weight is 198 g/mol. The number of carbonyl (C=O) groups is 1. The van der Waals surface area contributed by atoms with Crippen molar-refractivity contribution in [3.05, 3.63) is 0 Å². The van der Waals surface area contributed by atoms with Gasteiger partial charge in [-0.15, -0.1) is 0 Å². The second-order valence-corrected chi connectivity index (χ2v) is 5.33. The number of rotatable bonds is 4. The largest absolute Gasteiger partial charge is 0.370 e. The van der Waals surface area contributed by atoms with Gasteiger partial charge in [0.1, 0.15) is 0 Å². The second-order valence-electron chi connectivity index (χ2n) is 5.33. The average Bonchev–Trinajstić information content (AvgIpc) is 2.24. The van der Waals surface area contributed by atoms with Crippen LogP contribution in [0, 0.1) is 11.3 Å². The maximum absolute atomic E-state index is 10.6. The first-order chi connectivity index (χ1) is 6.41. The Morgan fingerprint density at radius 2 is 2.14 bits per heavy atom. The Morgan fingerprint density at radius 1 is 1.50 bits per heavy atom. The fourth-order valence-electron chi connectivity index (χ4n) is 2.55. The first-order valence-corrected chi connectivity index (χ1v) is 5.42. The molecule has 0 bridgehead atoms. The van der Waals surface area contributed by atoms with Gasteiger partial charge >= 0.3 is 0 Å². The van der Waals surface area contributed by atoms with E-state index in [-0.39, 0.29) is 5.91 Å². The molecular formula is C11H22N2O. The van der Waals surface area contributed by atoms with Crippen LogP contribution in [-0.4, -0.2) is 18.5 Å². The minimum atomic E-state index is -0.220. The molecule has 0 heterocycles. The van der Waals surface area contributed by atoms with E-state index in [2.05, 4.69) is 26.1 Å². The van der Waals surface area contributed by atoms with E-state index in [1.807, 2.05) is 0 Å². The van der Waals surface area contributed by atoms with Crippen molar-refractivity contribution in [1.82, 2.24) is 5.32 Å². The molecule has 3 heteroatoms. The first-order valence-electron chi connectivity index (χ1n) is 5.42. The van der Waals surface area contributed by atoms with Crippen LogP contribution in [0.2, 0.25) is 0 Å². The van der Waals surface area contributed by atoms with Crippen LogP contribution in [0.3, 0.4) is 0 Å². The summed E-state index contributed by atoms with van der Waals surface area (Å²) in [5, 5.41) is 3.42. The van der Waals surface area contributed by atoms with Crippen LogP contribution in [0.25, 0.3) is 0 Å². The van der Waals surface area contributed by atoms with Crippen molar-refractivity contribution in [2.45, 2.75) is 46.1 Å². The van der Waals surface area contributed by atoms with E-state index in [0.29, 0.717) is 23.8 Å². The number of hydrogen-bond donors (Lipinski definition) is 2. The van der Waals surface area contributed by atoms with Gasteiger partial charge in [-0.2, -0.15) is 0 Å². The number of carbonyl (C=O) groups excluding carboxylic acids is 1. The molecule has 1 saturated carbocycles. The maximum atomic E-state index is 10.6. The Labute approximate surface area is 86.4 Å². The van der Waals surface area contributed by atoms with E-state index in [1.54, 1.807) is 0 Å². The van der Waals surface area contributed by atoms with Gasteiger partial charge in [0.05, 0.1) is 0 Å². The Balaban J connectivity index is 2.29. The predicted molar refractivity (Wildman–Crippen MR) is 57.8 cm³/mol. The highest BCUT2D eigenvalue weighted by atomic mass is 16.1. The molecule has 1 aliphatic rings. The van der Waals surface area contributed by atoms with Crippen molar-refractivity contribution in [1.29, 1.82) is 0 Å². The molecule has 82 valence electrons. The smallest absolute Gasteiger partial charge is 0.218 e. The summed E-state index contributed by atoms with van der Waals surface area (Å²) in [6, 6.07) is 0.560. The van der Waals surface area contributed by atoms with Gasteiger partial charge in [0, 0.05) is 19.0 Å². The lowest BCUT2D eigenvalue weighted by molar-refractivity contribution is -0.117. The highest BCUT2D eigenvalue weighted by molar-refractivity contribution is 5.73. The standard InChI is InChI=1S/C11H22N2O/c1-8-6-11(2,3)7-9(8)13-5-4-10(12)14/h8-9,13H,4-7H2,1-3H3,(H2,12,14). The third-order valence-electron chi connectivity index (χ3n) is 3.11. The SMILES string of the molecule is CC1CC(C)(C)CC1NCCC(N)=O. The number of hydrogen-bond acceptors (Lipinski definition) is 2. The summed E-state index contributed by atoms with van der Waals surface area (Å²) in [4.78, 5) is 10.6. The highest BCUT2D eigenvalue weighted by Gasteiger charge is 2.35. The number of primary amides is 1. The molecule has 1 aliphatic carbocycles. The Hall–Kier alpha value is -0.570. The van der Waals surface area contributed by atoms with Crippen LogP contribution >= 0.6 is 0 Å². The van der Waals surface area contributed by atoms with Crippen LogP contribution in [0.1, 0.15) is 40.0 Å². The summed E-state index contributed by atoms with van der Waals surface area (Å²) in [6.07, 6.45) is 2.91. The van der Waals surface area contributed by atoms with E-state index in [1.165, 1.54) is 12.8 Å². The topological polar surface area (TPSA) is 55.1 Å². The maximum Gasteiger partial charge on any atom is 0.218 e. The molecule has 1 amide bonds. The molecule has 2 unspecified atom stereocenters. The normalized spacial score (nSPS) is 30.5. The third kappa shape index (κ3) is 3.29. The van der Waals surface area contributed by atoms with Gasteiger partial charge < -0.3 is 11.1 Å². The lowest BCUT2D eigenvalue weighted by atomic mass is 9.91. The van der Waals surface area contributed by atoms with Gasteiger partial charge in [-0.05, 0) is 24.2 Å². The van der Waals surface area contributed by atoms with Crippen LogP contribution in [0.4, 0.5) is 0 Å². The van der Waals surface area contributed by atoms with E-state index in [4.69, 9.17) is 5.73 Å². The minimum absolute atomic E-state index is 0.220. The van der Waals surface area contributed by atoms with Crippen molar-refractivity contribution in [2.24, 2.45) is 17.1 Å². The van der Waals surface area contributed by atoms with E-state index in [9.17, 15) is 4.79 Å². The fraction of sp³-hybridized carbons (Fsp3) is 0.909. The summed E-state index contributed by atoms with van der Waals surface area (Å²) >= 11 is 0. The number of amides is 1. The van der Waals surface area contributed by atoms with Crippen molar-refractivity contribution < 1.29 is 4.79 Å². The van der Waals surface area contributed by atoms with Crippen molar-refractivity contribution >= 4 is 5.91 Å². The zero-order chi connectivity index (χ0) is 10.8. The molecule has 0 spiro atoms. The zero-order valence-electron chi connectivity index (χ0n) is 9.47. The van der Waals surface area contributed by atoms with Crippen LogP contribution < -0.4 is 11.1 Å². The first kappa shape index (κ1) is 11.5. The molecule has 0 radical (unpaired) electrons. The molecule has 14 heavy (non-hydrogen) atoms. The molecule has 0 aromatic carbocycles. The van der Waals surface area contributed by atoms with Crippen molar-refractivity contribution in [2.75, 3.05) is 6.54 Å². The summed E-state index contributed by atoms with van der Waals surface area (Å²) in [6.45, 7) is 7.61. The molecule has 0 aromatic rings. The third-order valence-corrected chi connectivity index (χ3v) is 3.11. The monoisotopic (exact) mass is 198 g/mol. The van der Waals surface area contributed by atoms with Crippen LogP contribution in [0.5, 0.6) is 0 Å². The molecule has 1 fully saturated rings. The Bertz CT molecular complexity index is 213. The molecule has 3 nitrogen and oxygen atoms in total. The van der Waals surface area contributed by atoms with Crippen LogP contribution in [-0.2, 0) is 4.79 Å². The Morgan fingerprint density at radius 3 is 2.57 bits per heavy atom. The number of nitrogens with one attached hydrogen (secondary N) is 1. The minimum Gasteiger partial charge on any atom is -0.370 e. The molecule has 0 saturated heterocycles. The van der Waals surface area contributed by atoms with E-state index in [0.717, 1.165) is 6.54 Å². The molecule has 0 aliphatic heterocycles. The van der Waals surface area contributed by atoms with Gasteiger partial charge in [0.15, 0.2) is 0 Å². The van der Waals surface area contributed by atoms with Gasteiger partial charge in [0.25, 0.3) is 0 Å². The molecule has 1 rings (SSSR count). The second kappa shape index (κ2) is 4.30. The van der Waals surface area contributed by atoms with E-state index < -0.39 is 0 Å². The summed E-state index contributed by atoms with van der Waals surface area (Å²) in [5.41, 5.74) is 5.53. The van der Waals surface area contributed by atoms with Gasteiger partial charge in [0.2, 0.25) is 5.91 Å². The molecular weight excluding hydrogens is 176 g/mol. The summed E-state index contributed by atoms with van der Waals surface area (Å²) in [7, 11) is 0.